The Hall–Kier alpha value is -1.55. The molecule has 0 radical (unpaired) electrons. The van der Waals surface area contributed by atoms with E-state index in [1.807, 2.05) is 19.9 Å². The van der Waals surface area contributed by atoms with E-state index in [2.05, 4.69) is 40.7 Å². The Labute approximate surface area is 127 Å². The Morgan fingerprint density at radius 1 is 1.33 bits per heavy atom. The molecule has 1 fully saturated rings. The van der Waals surface area contributed by atoms with Crippen molar-refractivity contribution < 1.29 is 4.79 Å². The second-order valence-corrected chi connectivity index (χ2v) is 6.02. The molecule has 1 aliphatic carbocycles. The molecule has 0 unspecified atom stereocenters. The van der Waals surface area contributed by atoms with Gasteiger partial charge in [-0.1, -0.05) is 18.2 Å². The molecule has 0 heterocycles. The lowest BCUT2D eigenvalue weighted by atomic mass is 10.1. The van der Waals surface area contributed by atoms with Crippen LogP contribution < -0.4 is 15.5 Å². The number of hydrogen-bond donors (Lipinski definition) is 2. The van der Waals surface area contributed by atoms with Gasteiger partial charge in [0.2, 0.25) is 5.91 Å². The second kappa shape index (κ2) is 7.46. The van der Waals surface area contributed by atoms with E-state index in [1.165, 1.54) is 18.4 Å². The van der Waals surface area contributed by atoms with Crippen molar-refractivity contribution in [1.29, 1.82) is 0 Å². The van der Waals surface area contributed by atoms with E-state index in [9.17, 15) is 4.79 Å². The van der Waals surface area contributed by atoms with E-state index in [1.54, 1.807) is 0 Å². The van der Waals surface area contributed by atoms with E-state index in [-0.39, 0.29) is 11.9 Å². The molecular formula is C17H27N3O. The zero-order valence-corrected chi connectivity index (χ0v) is 13.4. The molecule has 21 heavy (non-hydrogen) atoms. The first-order chi connectivity index (χ1) is 10.1. The predicted octanol–water partition coefficient (Wildman–Crippen LogP) is 2.29. The van der Waals surface area contributed by atoms with E-state index in [0.29, 0.717) is 12.6 Å². The lowest BCUT2D eigenvalue weighted by Crippen LogP contribution is -2.40. The zero-order valence-electron chi connectivity index (χ0n) is 13.4. The third-order valence-electron chi connectivity index (χ3n) is 3.66. The summed E-state index contributed by atoms with van der Waals surface area (Å²) < 4.78 is 0. The Balaban J connectivity index is 2.03. The summed E-state index contributed by atoms with van der Waals surface area (Å²) in [5.74, 6) is 0.0804. The number of rotatable bonds is 8. The van der Waals surface area contributed by atoms with Crippen LogP contribution in [0.3, 0.4) is 0 Å². The molecule has 0 spiro atoms. The number of anilines is 1. The molecule has 1 saturated carbocycles. The van der Waals surface area contributed by atoms with Crippen molar-refractivity contribution in [3.63, 3.8) is 0 Å². The van der Waals surface area contributed by atoms with Gasteiger partial charge in [0.25, 0.3) is 0 Å². The molecule has 1 amide bonds. The lowest BCUT2D eigenvalue weighted by Gasteiger charge is -2.26. The number of hydrogen-bond acceptors (Lipinski definition) is 3. The predicted molar refractivity (Wildman–Crippen MR) is 87.5 cm³/mol. The third-order valence-corrected chi connectivity index (χ3v) is 3.66. The Morgan fingerprint density at radius 2 is 2.05 bits per heavy atom. The summed E-state index contributed by atoms with van der Waals surface area (Å²) in [6.45, 7) is 8.18. The van der Waals surface area contributed by atoms with Crippen LogP contribution in [0.15, 0.2) is 24.3 Å². The summed E-state index contributed by atoms with van der Waals surface area (Å²) in [5, 5.41) is 6.51. The summed E-state index contributed by atoms with van der Waals surface area (Å²) in [7, 11) is 0. The minimum atomic E-state index is 0.0804. The van der Waals surface area contributed by atoms with Gasteiger partial charge in [-0.2, -0.15) is 0 Å². The number of carbonyl (C=O) groups is 1. The largest absolute Gasteiger partial charge is 0.362 e. The normalized spacial score (nSPS) is 14.3. The molecule has 116 valence electrons. The van der Waals surface area contributed by atoms with Crippen LogP contribution in [-0.4, -0.2) is 31.1 Å². The maximum Gasteiger partial charge on any atom is 0.239 e. The molecular weight excluding hydrogens is 262 g/mol. The summed E-state index contributed by atoms with van der Waals surface area (Å²) in [5.41, 5.74) is 2.43. The van der Waals surface area contributed by atoms with Crippen LogP contribution >= 0.6 is 0 Å². The fourth-order valence-electron chi connectivity index (χ4n) is 2.42. The first-order valence-corrected chi connectivity index (χ1v) is 7.95. The molecule has 4 heteroatoms. The Morgan fingerprint density at radius 3 is 2.67 bits per heavy atom. The van der Waals surface area contributed by atoms with Crippen molar-refractivity contribution in [2.45, 2.75) is 52.2 Å². The molecule has 1 aliphatic rings. The summed E-state index contributed by atoms with van der Waals surface area (Å²) in [6.07, 6.45) is 2.58. The van der Waals surface area contributed by atoms with Crippen molar-refractivity contribution in [2.75, 3.05) is 18.0 Å². The Bertz CT molecular complexity index is 469. The fraction of sp³-hybridized carbons (Fsp3) is 0.588. The first-order valence-electron chi connectivity index (χ1n) is 7.95. The van der Waals surface area contributed by atoms with Crippen LogP contribution in [0.25, 0.3) is 0 Å². The number of para-hydroxylation sites is 1. The van der Waals surface area contributed by atoms with Crippen LogP contribution in [0.1, 0.15) is 39.2 Å². The van der Waals surface area contributed by atoms with E-state index >= 15 is 0 Å². The minimum absolute atomic E-state index is 0.0804. The van der Waals surface area contributed by atoms with Crippen molar-refractivity contribution >= 4 is 11.6 Å². The quantitative estimate of drug-likeness (QED) is 0.772. The van der Waals surface area contributed by atoms with Crippen LogP contribution in [-0.2, 0) is 11.3 Å². The molecule has 1 aromatic rings. The smallest absolute Gasteiger partial charge is 0.239 e. The first kappa shape index (κ1) is 15.8. The van der Waals surface area contributed by atoms with Gasteiger partial charge < -0.3 is 15.5 Å². The number of benzene rings is 1. The van der Waals surface area contributed by atoms with Gasteiger partial charge in [0, 0.05) is 30.9 Å². The molecule has 0 bridgehead atoms. The van der Waals surface area contributed by atoms with E-state index < -0.39 is 0 Å². The monoisotopic (exact) mass is 289 g/mol. The maximum atomic E-state index is 12.0. The highest BCUT2D eigenvalue weighted by Crippen LogP contribution is 2.23. The molecule has 0 aliphatic heterocycles. The highest BCUT2D eigenvalue weighted by atomic mass is 16.2. The van der Waals surface area contributed by atoms with Crippen LogP contribution in [0.4, 0.5) is 5.69 Å². The SMILES string of the molecule is CCN(CC(=O)NC(C)C)c1ccccc1CNC1CC1. The summed E-state index contributed by atoms with van der Waals surface area (Å²) in [4.78, 5) is 14.2. The molecule has 1 aromatic carbocycles. The van der Waals surface area contributed by atoms with Gasteiger partial charge >= 0.3 is 0 Å². The summed E-state index contributed by atoms with van der Waals surface area (Å²) in [6, 6.07) is 9.23. The summed E-state index contributed by atoms with van der Waals surface area (Å²) >= 11 is 0. The Kier molecular flexibility index (Phi) is 5.62. The highest BCUT2D eigenvalue weighted by molar-refractivity contribution is 5.81. The molecule has 2 rings (SSSR count). The number of nitrogens with zero attached hydrogens (tertiary/aromatic N) is 1. The second-order valence-electron chi connectivity index (χ2n) is 6.02. The topological polar surface area (TPSA) is 44.4 Å². The number of nitrogens with one attached hydrogen (secondary N) is 2. The number of likely N-dealkylation sites (N-methyl/N-ethyl adjacent to an activating group) is 1. The van der Waals surface area contributed by atoms with Crippen LogP contribution in [0, 0.1) is 0 Å². The van der Waals surface area contributed by atoms with Crippen LogP contribution in [0.2, 0.25) is 0 Å². The third kappa shape index (κ3) is 5.05. The van der Waals surface area contributed by atoms with Gasteiger partial charge in [-0.05, 0) is 45.2 Å². The zero-order chi connectivity index (χ0) is 15.2. The van der Waals surface area contributed by atoms with Gasteiger partial charge in [0.1, 0.15) is 0 Å². The van der Waals surface area contributed by atoms with Crippen molar-refractivity contribution in [2.24, 2.45) is 0 Å². The van der Waals surface area contributed by atoms with Gasteiger partial charge in [-0.15, -0.1) is 0 Å². The van der Waals surface area contributed by atoms with E-state index in [0.717, 1.165) is 18.8 Å². The maximum absolute atomic E-state index is 12.0. The van der Waals surface area contributed by atoms with Gasteiger partial charge in [-0.25, -0.2) is 0 Å². The molecule has 0 atom stereocenters. The van der Waals surface area contributed by atoms with Gasteiger partial charge in [0.05, 0.1) is 6.54 Å². The van der Waals surface area contributed by atoms with Gasteiger partial charge in [0.15, 0.2) is 0 Å². The van der Waals surface area contributed by atoms with Gasteiger partial charge in [-0.3, -0.25) is 4.79 Å². The number of amides is 1. The standard InChI is InChI=1S/C17H27N3O/c1-4-20(12-17(21)19-13(2)3)16-8-6-5-7-14(16)11-18-15-9-10-15/h5-8,13,15,18H,4,9-12H2,1-3H3,(H,19,21). The minimum Gasteiger partial charge on any atom is -0.362 e. The van der Waals surface area contributed by atoms with Crippen molar-refractivity contribution in [3.8, 4) is 0 Å². The average Bonchev–Trinajstić information content (AvgIpc) is 3.26. The van der Waals surface area contributed by atoms with E-state index in [4.69, 9.17) is 0 Å². The molecule has 4 nitrogen and oxygen atoms in total. The van der Waals surface area contributed by atoms with Crippen molar-refractivity contribution in [1.82, 2.24) is 10.6 Å². The average molecular weight is 289 g/mol. The molecule has 0 aromatic heterocycles. The van der Waals surface area contributed by atoms with Crippen molar-refractivity contribution in [3.05, 3.63) is 29.8 Å². The fourth-order valence-corrected chi connectivity index (χ4v) is 2.42. The lowest BCUT2D eigenvalue weighted by molar-refractivity contribution is -0.120. The highest BCUT2D eigenvalue weighted by Gasteiger charge is 2.21. The number of carbonyl (C=O) groups excluding carboxylic acids is 1. The molecule has 2 N–H and O–H groups in total. The molecule has 0 saturated heterocycles. The van der Waals surface area contributed by atoms with Crippen LogP contribution in [0.5, 0.6) is 0 Å².